The van der Waals surface area contributed by atoms with E-state index in [4.69, 9.17) is 0 Å². The van der Waals surface area contributed by atoms with Crippen LogP contribution in [-0.2, 0) is 6.42 Å². The average molecular weight is 217 g/mol. The number of hydrogen-bond acceptors (Lipinski definition) is 2. The van der Waals surface area contributed by atoms with E-state index in [1.54, 1.807) is 0 Å². The molecule has 0 bridgehead atoms. The number of hydrogen-bond donors (Lipinski definition) is 2. The Balaban J connectivity index is 1.70. The molecule has 1 fully saturated rings. The number of benzene rings is 1. The summed E-state index contributed by atoms with van der Waals surface area (Å²) in [4.78, 5) is 0. The maximum atomic E-state index is 9.91. The molecule has 0 aromatic heterocycles. The van der Waals surface area contributed by atoms with Crippen LogP contribution in [-0.4, -0.2) is 17.7 Å². The van der Waals surface area contributed by atoms with Crippen LogP contribution in [0.5, 0.6) is 5.75 Å². The summed E-state index contributed by atoms with van der Waals surface area (Å²) in [6.45, 7) is 1.04. The second-order valence-corrected chi connectivity index (χ2v) is 5.12. The van der Waals surface area contributed by atoms with Crippen molar-refractivity contribution in [1.29, 1.82) is 0 Å². The quantitative estimate of drug-likeness (QED) is 0.815. The van der Waals surface area contributed by atoms with Crippen molar-refractivity contribution < 1.29 is 5.11 Å². The van der Waals surface area contributed by atoms with Gasteiger partial charge < -0.3 is 10.4 Å². The van der Waals surface area contributed by atoms with E-state index in [-0.39, 0.29) is 0 Å². The topological polar surface area (TPSA) is 32.3 Å². The van der Waals surface area contributed by atoms with E-state index in [0.29, 0.717) is 11.7 Å². The number of fused-ring (bicyclic) bond motifs is 1. The van der Waals surface area contributed by atoms with Gasteiger partial charge in [0, 0.05) is 24.1 Å². The van der Waals surface area contributed by atoms with Crippen molar-refractivity contribution in [3.05, 3.63) is 29.3 Å². The first-order chi connectivity index (χ1) is 7.84. The van der Waals surface area contributed by atoms with Gasteiger partial charge in [-0.15, -0.1) is 0 Å². The SMILES string of the molecule is Oc1cccc2c1C(CNC1CCC1)CC2. The van der Waals surface area contributed by atoms with Crippen LogP contribution in [0.4, 0.5) is 0 Å². The van der Waals surface area contributed by atoms with Crippen LogP contribution in [0.3, 0.4) is 0 Å². The van der Waals surface area contributed by atoms with Crippen molar-refractivity contribution in [2.24, 2.45) is 0 Å². The molecule has 1 aromatic carbocycles. The maximum Gasteiger partial charge on any atom is 0.119 e. The van der Waals surface area contributed by atoms with Crippen molar-refractivity contribution in [1.82, 2.24) is 5.32 Å². The molecule has 0 amide bonds. The zero-order valence-corrected chi connectivity index (χ0v) is 9.58. The van der Waals surface area contributed by atoms with Gasteiger partial charge in [-0.25, -0.2) is 0 Å². The Morgan fingerprint density at radius 3 is 2.88 bits per heavy atom. The summed E-state index contributed by atoms with van der Waals surface area (Å²) in [5, 5.41) is 13.5. The smallest absolute Gasteiger partial charge is 0.119 e. The molecule has 0 spiro atoms. The molecular weight excluding hydrogens is 198 g/mol. The second-order valence-electron chi connectivity index (χ2n) is 5.12. The predicted octanol–water partition coefficient (Wildman–Crippen LogP) is 2.56. The normalized spacial score (nSPS) is 24.1. The fourth-order valence-electron chi connectivity index (χ4n) is 2.89. The highest BCUT2D eigenvalue weighted by Gasteiger charge is 2.26. The van der Waals surface area contributed by atoms with Gasteiger partial charge in [-0.1, -0.05) is 18.6 Å². The van der Waals surface area contributed by atoms with E-state index in [1.807, 2.05) is 12.1 Å². The standard InChI is InChI=1S/C14H19NO/c16-13-6-1-3-10-7-8-11(14(10)13)9-15-12-4-2-5-12/h1,3,6,11-12,15-16H,2,4-5,7-9H2. The lowest BCUT2D eigenvalue weighted by molar-refractivity contribution is 0.330. The lowest BCUT2D eigenvalue weighted by Crippen LogP contribution is -2.37. The number of aromatic hydroxyl groups is 1. The summed E-state index contributed by atoms with van der Waals surface area (Å²) in [7, 11) is 0. The molecule has 0 radical (unpaired) electrons. The molecule has 1 unspecified atom stereocenters. The third kappa shape index (κ3) is 1.71. The van der Waals surface area contributed by atoms with Gasteiger partial charge in [0.25, 0.3) is 0 Å². The molecule has 1 saturated carbocycles. The summed E-state index contributed by atoms with van der Waals surface area (Å²) in [5.74, 6) is 1.02. The Morgan fingerprint density at radius 2 is 2.12 bits per heavy atom. The summed E-state index contributed by atoms with van der Waals surface area (Å²) in [6, 6.07) is 6.67. The molecule has 0 saturated heterocycles. The predicted molar refractivity (Wildman–Crippen MR) is 64.8 cm³/mol. The molecule has 2 aliphatic carbocycles. The van der Waals surface area contributed by atoms with Crippen LogP contribution in [0.25, 0.3) is 0 Å². The second kappa shape index (κ2) is 4.10. The lowest BCUT2D eigenvalue weighted by atomic mass is 9.92. The molecule has 0 heterocycles. The fraction of sp³-hybridized carbons (Fsp3) is 0.571. The van der Waals surface area contributed by atoms with E-state index in [9.17, 15) is 5.11 Å². The van der Waals surface area contributed by atoms with Crippen molar-refractivity contribution >= 4 is 0 Å². The van der Waals surface area contributed by atoms with E-state index >= 15 is 0 Å². The molecule has 2 nitrogen and oxygen atoms in total. The largest absolute Gasteiger partial charge is 0.508 e. The number of aryl methyl sites for hydroxylation is 1. The molecule has 0 aliphatic heterocycles. The van der Waals surface area contributed by atoms with Crippen LogP contribution < -0.4 is 5.32 Å². The van der Waals surface area contributed by atoms with Gasteiger partial charge in [0.15, 0.2) is 0 Å². The first-order valence-electron chi connectivity index (χ1n) is 6.39. The molecule has 3 rings (SSSR count). The van der Waals surface area contributed by atoms with E-state index < -0.39 is 0 Å². The van der Waals surface area contributed by atoms with Gasteiger partial charge in [0.05, 0.1) is 0 Å². The summed E-state index contributed by atoms with van der Waals surface area (Å²) >= 11 is 0. The van der Waals surface area contributed by atoms with Crippen molar-refractivity contribution in [2.45, 2.75) is 44.1 Å². The first-order valence-corrected chi connectivity index (χ1v) is 6.39. The average Bonchev–Trinajstić information content (AvgIpc) is 2.61. The van der Waals surface area contributed by atoms with Crippen molar-refractivity contribution in [2.75, 3.05) is 6.54 Å². The van der Waals surface area contributed by atoms with E-state index in [2.05, 4.69) is 11.4 Å². The number of phenolic OH excluding ortho intramolecular Hbond substituents is 1. The third-order valence-corrected chi connectivity index (χ3v) is 4.10. The van der Waals surface area contributed by atoms with Crippen LogP contribution in [0.15, 0.2) is 18.2 Å². The Kier molecular flexibility index (Phi) is 2.60. The third-order valence-electron chi connectivity index (χ3n) is 4.10. The molecule has 16 heavy (non-hydrogen) atoms. The molecular formula is C14H19NO. The minimum absolute atomic E-state index is 0.496. The van der Waals surface area contributed by atoms with Crippen LogP contribution in [0.1, 0.15) is 42.7 Å². The number of nitrogens with one attached hydrogen (secondary N) is 1. The summed E-state index contributed by atoms with van der Waals surface area (Å²) in [6.07, 6.45) is 6.36. The Hall–Kier alpha value is -1.02. The van der Waals surface area contributed by atoms with Crippen molar-refractivity contribution in [3.63, 3.8) is 0 Å². The molecule has 86 valence electrons. The molecule has 2 N–H and O–H groups in total. The maximum absolute atomic E-state index is 9.91. The van der Waals surface area contributed by atoms with E-state index in [1.165, 1.54) is 36.8 Å². The number of phenols is 1. The van der Waals surface area contributed by atoms with Gasteiger partial charge in [0.2, 0.25) is 0 Å². The van der Waals surface area contributed by atoms with Gasteiger partial charge in [0.1, 0.15) is 5.75 Å². The lowest BCUT2D eigenvalue weighted by Gasteiger charge is -2.28. The molecule has 1 aromatic rings. The fourth-order valence-corrected chi connectivity index (χ4v) is 2.89. The monoisotopic (exact) mass is 217 g/mol. The molecule has 1 atom stereocenters. The number of rotatable bonds is 3. The van der Waals surface area contributed by atoms with E-state index in [0.717, 1.165) is 19.0 Å². The van der Waals surface area contributed by atoms with Crippen LogP contribution in [0.2, 0.25) is 0 Å². The van der Waals surface area contributed by atoms with Crippen molar-refractivity contribution in [3.8, 4) is 5.75 Å². The highest BCUT2D eigenvalue weighted by molar-refractivity contribution is 5.45. The minimum Gasteiger partial charge on any atom is -0.508 e. The molecule has 2 aliphatic rings. The first kappa shape index (κ1) is 10.2. The highest BCUT2D eigenvalue weighted by Crippen LogP contribution is 2.38. The zero-order chi connectivity index (χ0) is 11.0. The summed E-state index contributed by atoms with van der Waals surface area (Å²) in [5.41, 5.74) is 2.55. The minimum atomic E-state index is 0.496. The summed E-state index contributed by atoms with van der Waals surface area (Å²) < 4.78 is 0. The van der Waals surface area contributed by atoms with Crippen LogP contribution >= 0.6 is 0 Å². The van der Waals surface area contributed by atoms with Gasteiger partial charge in [-0.05, 0) is 37.3 Å². The Morgan fingerprint density at radius 1 is 1.25 bits per heavy atom. The van der Waals surface area contributed by atoms with Gasteiger partial charge in [-0.2, -0.15) is 0 Å². The zero-order valence-electron chi connectivity index (χ0n) is 9.58. The van der Waals surface area contributed by atoms with Crippen LogP contribution in [0, 0.1) is 0 Å². The highest BCUT2D eigenvalue weighted by atomic mass is 16.3. The van der Waals surface area contributed by atoms with Gasteiger partial charge >= 0.3 is 0 Å². The molecule has 2 heteroatoms. The Bertz CT molecular complexity index is 384. The van der Waals surface area contributed by atoms with Gasteiger partial charge in [-0.3, -0.25) is 0 Å². The Labute approximate surface area is 96.7 Å².